The van der Waals surface area contributed by atoms with Gasteiger partial charge in [-0.25, -0.2) is 0 Å². The molecule has 0 saturated carbocycles. The quantitative estimate of drug-likeness (QED) is 0.777. The lowest BCUT2D eigenvalue weighted by Gasteiger charge is -2.21. The van der Waals surface area contributed by atoms with E-state index < -0.39 is 0 Å². The van der Waals surface area contributed by atoms with Crippen LogP contribution in [-0.2, 0) is 18.6 Å². The first-order chi connectivity index (χ1) is 7.72. The lowest BCUT2D eigenvalue weighted by molar-refractivity contribution is 0.641. The summed E-state index contributed by atoms with van der Waals surface area (Å²) < 4.78 is 0. The highest BCUT2D eigenvalue weighted by Gasteiger charge is 2.17. The van der Waals surface area contributed by atoms with Crippen molar-refractivity contribution in [2.24, 2.45) is 5.92 Å². The van der Waals surface area contributed by atoms with Crippen LogP contribution in [0, 0.1) is 17.2 Å². The number of benzene rings is 1. The van der Waals surface area contributed by atoms with Crippen molar-refractivity contribution in [2.75, 3.05) is 5.75 Å². The molecule has 0 aliphatic carbocycles. The largest absolute Gasteiger partial charge is 0.192 e. The number of nitriles is 1. The molecule has 1 aliphatic rings. The number of hydrogen-bond donors (Lipinski definition) is 0. The molecule has 0 amide bonds. The topological polar surface area (TPSA) is 23.8 Å². The molecular weight excluding hydrogens is 214 g/mol. The molecule has 0 saturated heterocycles. The molecule has 0 bridgehead atoms. The molecule has 2 heteroatoms. The fourth-order valence-electron chi connectivity index (χ4n) is 2.29. The fourth-order valence-corrected chi connectivity index (χ4v) is 3.27. The average molecular weight is 231 g/mol. The van der Waals surface area contributed by atoms with E-state index >= 15 is 0 Å². The normalized spacial score (nSPS) is 14.6. The van der Waals surface area contributed by atoms with Gasteiger partial charge < -0.3 is 0 Å². The van der Waals surface area contributed by atoms with Crippen molar-refractivity contribution in [1.82, 2.24) is 0 Å². The standard InChI is InChI=1S/C14H17NS/c1-10(2)7-14-11(8-15)3-4-12-9-16-6-5-13(12)14/h3-4,10H,5-7,9H2,1-2H3. The predicted octanol–water partition coefficient (Wildman–Crippen LogP) is 3.55. The van der Waals surface area contributed by atoms with E-state index in [1.165, 1.54) is 22.4 Å². The van der Waals surface area contributed by atoms with Gasteiger partial charge >= 0.3 is 0 Å². The predicted molar refractivity (Wildman–Crippen MR) is 69.6 cm³/mol. The van der Waals surface area contributed by atoms with Crippen molar-refractivity contribution in [3.05, 3.63) is 34.4 Å². The first kappa shape index (κ1) is 11.5. The van der Waals surface area contributed by atoms with Crippen molar-refractivity contribution in [2.45, 2.75) is 32.4 Å². The van der Waals surface area contributed by atoms with Crippen molar-refractivity contribution in [3.63, 3.8) is 0 Å². The Balaban J connectivity index is 2.48. The zero-order valence-electron chi connectivity index (χ0n) is 9.92. The van der Waals surface area contributed by atoms with Gasteiger partial charge in [-0.1, -0.05) is 19.9 Å². The molecule has 0 fully saturated rings. The summed E-state index contributed by atoms with van der Waals surface area (Å²) in [5.74, 6) is 2.94. The van der Waals surface area contributed by atoms with E-state index in [0.717, 1.165) is 24.2 Å². The molecule has 0 spiro atoms. The van der Waals surface area contributed by atoms with Crippen LogP contribution in [0.15, 0.2) is 12.1 Å². The van der Waals surface area contributed by atoms with E-state index in [4.69, 9.17) is 0 Å². The Morgan fingerprint density at radius 2 is 2.25 bits per heavy atom. The SMILES string of the molecule is CC(C)Cc1c(C#N)ccc2c1CCSC2. The molecule has 0 aromatic heterocycles. The highest BCUT2D eigenvalue weighted by atomic mass is 32.2. The number of rotatable bonds is 2. The van der Waals surface area contributed by atoms with Crippen LogP contribution in [0.3, 0.4) is 0 Å². The molecule has 84 valence electrons. The maximum Gasteiger partial charge on any atom is 0.0994 e. The molecule has 1 aromatic rings. The fraction of sp³-hybridized carbons (Fsp3) is 0.500. The summed E-state index contributed by atoms with van der Waals surface area (Å²) in [6.45, 7) is 4.44. The van der Waals surface area contributed by atoms with E-state index in [1.54, 1.807) is 0 Å². The molecule has 0 unspecified atom stereocenters. The van der Waals surface area contributed by atoms with Gasteiger partial charge in [0, 0.05) is 5.75 Å². The lowest BCUT2D eigenvalue weighted by Crippen LogP contribution is -2.10. The Morgan fingerprint density at radius 3 is 2.94 bits per heavy atom. The molecule has 0 radical (unpaired) electrons. The number of fused-ring (bicyclic) bond motifs is 1. The minimum Gasteiger partial charge on any atom is -0.192 e. The van der Waals surface area contributed by atoms with Crippen molar-refractivity contribution >= 4 is 11.8 Å². The highest BCUT2D eigenvalue weighted by molar-refractivity contribution is 7.98. The van der Waals surface area contributed by atoms with Gasteiger partial charge in [-0.3, -0.25) is 0 Å². The smallest absolute Gasteiger partial charge is 0.0994 e. The molecule has 16 heavy (non-hydrogen) atoms. The number of hydrogen-bond acceptors (Lipinski definition) is 2. The van der Waals surface area contributed by atoms with Crippen LogP contribution < -0.4 is 0 Å². The summed E-state index contributed by atoms with van der Waals surface area (Å²) in [6, 6.07) is 6.49. The first-order valence-corrected chi connectivity index (χ1v) is 6.99. The molecule has 2 rings (SSSR count). The summed E-state index contributed by atoms with van der Waals surface area (Å²) in [6.07, 6.45) is 2.17. The monoisotopic (exact) mass is 231 g/mol. The van der Waals surface area contributed by atoms with Gasteiger partial charge in [0.15, 0.2) is 0 Å². The average Bonchev–Trinajstić information content (AvgIpc) is 2.29. The summed E-state index contributed by atoms with van der Waals surface area (Å²) in [5, 5.41) is 9.18. The third-order valence-corrected chi connectivity index (χ3v) is 4.02. The number of thioether (sulfide) groups is 1. The third kappa shape index (κ3) is 2.25. The zero-order valence-corrected chi connectivity index (χ0v) is 10.7. The van der Waals surface area contributed by atoms with E-state index in [0.29, 0.717) is 5.92 Å². The van der Waals surface area contributed by atoms with E-state index in [2.05, 4.69) is 26.0 Å². The molecule has 0 atom stereocenters. The lowest BCUT2D eigenvalue weighted by atomic mass is 9.89. The van der Waals surface area contributed by atoms with Gasteiger partial charge in [-0.15, -0.1) is 0 Å². The highest BCUT2D eigenvalue weighted by Crippen LogP contribution is 2.30. The van der Waals surface area contributed by atoms with Crippen LogP contribution in [0.25, 0.3) is 0 Å². The molecular formula is C14H17NS. The number of nitrogens with zero attached hydrogens (tertiary/aromatic N) is 1. The minimum atomic E-state index is 0.619. The van der Waals surface area contributed by atoms with Gasteiger partial charge in [-0.05, 0) is 47.3 Å². The van der Waals surface area contributed by atoms with Crippen molar-refractivity contribution in [1.29, 1.82) is 5.26 Å². The Bertz CT molecular complexity index is 429. The molecule has 1 aromatic carbocycles. The Kier molecular flexibility index (Phi) is 3.56. The summed E-state index contributed by atoms with van der Waals surface area (Å²) in [7, 11) is 0. The minimum absolute atomic E-state index is 0.619. The van der Waals surface area contributed by atoms with E-state index in [1.807, 2.05) is 17.8 Å². The summed E-state index contributed by atoms with van der Waals surface area (Å²) >= 11 is 2.00. The Labute approximate surface area is 102 Å². The molecule has 1 nitrogen and oxygen atoms in total. The van der Waals surface area contributed by atoms with Crippen LogP contribution in [0.4, 0.5) is 0 Å². The van der Waals surface area contributed by atoms with E-state index in [-0.39, 0.29) is 0 Å². The maximum atomic E-state index is 9.18. The van der Waals surface area contributed by atoms with Crippen LogP contribution in [-0.4, -0.2) is 5.75 Å². The Hall–Kier alpha value is -0.940. The van der Waals surface area contributed by atoms with Gasteiger partial charge in [-0.2, -0.15) is 17.0 Å². The van der Waals surface area contributed by atoms with Gasteiger partial charge in [0.05, 0.1) is 11.6 Å². The summed E-state index contributed by atoms with van der Waals surface area (Å²) in [5.41, 5.74) is 5.12. The second-order valence-corrected chi connectivity index (χ2v) is 5.85. The van der Waals surface area contributed by atoms with Gasteiger partial charge in [0.1, 0.15) is 0 Å². The third-order valence-electron chi connectivity index (χ3n) is 3.01. The van der Waals surface area contributed by atoms with Crippen LogP contribution in [0.2, 0.25) is 0 Å². The Morgan fingerprint density at radius 1 is 1.44 bits per heavy atom. The molecule has 1 aliphatic heterocycles. The van der Waals surface area contributed by atoms with Crippen LogP contribution in [0.5, 0.6) is 0 Å². The summed E-state index contributed by atoms with van der Waals surface area (Å²) in [4.78, 5) is 0. The molecule has 0 N–H and O–H groups in total. The van der Waals surface area contributed by atoms with Gasteiger partial charge in [0.2, 0.25) is 0 Å². The maximum absolute atomic E-state index is 9.18. The van der Waals surface area contributed by atoms with Crippen molar-refractivity contribution < 1.29 is 0 Å². The first-order valence-electron chi connectivity index (χ1n) is 5.84. The second-order valence-electron chi connectivity index (χ2n) is 4.74. The van der Waals surface area contributed by atoms with E-state index in [9.17, 15) is 5.26 Å². The van der Waals surface area contributed by atoms with Crippen LogP contribution in [0.1, 0.15) is 36.1 Å². The van der Waals surface area contributed by atoms with Crippen molar-refractivity contribution in [3.8, 4) is 6.07 Å². The van der Waals surface area contributed by atoms with Crippen LogP contribution >= 0.6 is 11.8 Å². The zero-order chi connectivity index (χ0) is 11.5. The molecule has 1 heterocycles. The second kappa shape index (κ2) is 4.93. The van der Waals surface area contributed by atoms with Gasteiger partial charge in [0.25, 0.3) is 0 Å².